The Morgan fingerprint density at radius 1 is 1.04 bits per heavy atom. The summed E-state index contributed by atoms with van der Waals surface area (Å²) in [5, 5.41) is 3.39. The summed E-state index contributed by atoms with van der Waals surface area (Å²) in [5.41, 5.74) is 0. The Kier molecular flexibility index (Phi) is 6.75. The van der Waals surface area contributed by atoms with Gasteiger partial charge in [0.05, 0.1) is 13.7 Å². The highest BCUT2D eigenvalue weighted by atomic mass is 35.5. The van der Waals surface area contributed by atoms with Crippen molar-refractivity contribution in [2.75, 3.05) is 20.3 Å². The quantitative estimate of drug-likeness (QED) is 0.743. The van der Waals surface area contributed by atoms with Gasteiger partial charge in [0.2, 0.25) is 0 Å². The number of hydrogen-bond donors (Lipinski definition) is 1. The number of benzene rings is 2. The first-order chi connectivity index (χ1) is 11.6. The monoisotopic (exact) mass is 349 g/mol. The zero-order valence-electron chi connectivity index (χ0n) is 13.6. The van der Waals surface area contributed by atoms with Crippen LogP contribution in [0.5, 0.6) is 17.2 Å². The van der Waals surface area contributed by atoms with Crippen molar-refractivity contribution in [2.24, 2.45) is 0 Å². The van der Waals surface area contributed by atoms with Gasteiger partial charge in [-0.3, -0.25) is 4.79 Å². The molecule has 1 atom stereocenters. The van der Waals surface area contributed by atoms with E-state index in [4.69, 9.17) is 25.8 Å². The number of hydrogen-bond acceptors (Lipinski definition) is 4. The molecule has 0 bridgehead atoms. The third kappa shape index (κ3) is 5.66. The number of carbonyl (C=O) groups excluding carboxylic acids is 1. The second-order valence-electron chi connectivity index (χ2n) is 5.03. The maximum atomic E-state index is 12.0. The predicted molar refractivity (Wildman–Crippen MR) is 93.0 cm³/mol. The summed E-state index contributed by atoms with van der Waals surface area (Å²) < 4.78 is 16.2. The average Bonchev–Trinajstić information content (AvgIpc) is 2.61. The molecule has 1 N–H and O–H groups in total. The molecule has 0 aromatic heterocycles. The van der Waals surface area contributed by atoms with Gasteiger partial charge in [0.15, 0.2) is 6.10 Å². The fourth-order valence-electron chi connectivity index (χ4n) is 1.93. The zero-order chi connectivity index (χ0) is 17.4. The van der Waals surface area contributed by atoms with Crippen molar-refractivity contribution < 1.29 is 19.0 Å². The van der Waals surface area contributed by atoms with E-state index >= 15 is 0 Å². The van der Waals surface area contributed by atoms with Crippen LogP contribution < -0.4 is 19.5 Å². The molecule has 0 aliphatic heterocycles. The molecule has 0 radical (unpaired) electrons. The number of ether oxygens (including phenoxy) is 3. The third-order valence-electron chi connectivity index (χ3n) is 3.23. The van der Waals surface area contributed by atoms with E-state index in [0.717, 1.165) is 11.5 Å². The van der Waals surface area contributed by atoms with Crippen LogP contribution in [0.25, 0.3) is 0 Å². The lowest BCUT2D eigenvalue weighted by atomic mass is 10.3. The first-order valence-corrected chi connectivity index (χ1v) is 7.93. The molecule has 0 unspecified atom stereocenters. The molecule has 2 rings (SSSR count). The largest absolute Gasteiger partial charge is 0.497 e. The maximum absolute atomic E-state index is 12.0. The van der Waals surface area contributed by atoms with Gasteiger partial charge in [-0.15, -0.1) is 0 Å². The zero-order valence-corrected chi connectivity index (χ0v) is 14.4. The minimum absolute atomic E-state index is 0.205. The number of amides is 1. The highest BCUT2D eigenvalue weighted by Crippen LogP contribution is 2.17. The summed E-state index contributed by atoms with van der Waals surface area (Å²) in [7, 11) is 1.61. The van der Waals surface area contributed by atoms with Crippen LogP contribution in [0, 0.1) is 0 Å². The lowest BCUT2D eigenvalue weighted by Gasteiger charge is -2.15. The molecular formula is C18H20ClNO4. The van der Waals surface area contributed by atoms with E-state index in [2.05, 4.69) is 5.32 Å². The molecule has 2 aromatic carbocycles. The molecule has 0 spiro atoms. The van der Waals surface area contributed by atoms with Crippen molar-refractivity contribution in [2.45, 2.75) is 13.0 Å². The third-order valence-corrected chi connectivity index (χ3v) is 3.48. The summed E-state index contributed by atoms with van der Waals surface area (Å²) >= 11 is 5.81. The fraction of sp³-hybridized carbons (Fsp3) is 0.278. The van der Waals surface area contributed by atoms with E-state index in [1.54, 1.807) is 38.3 Å². The Labute approximate surface area is 146 Å². The smallest absolute Gasteiger partial charge is 0.260 e. The van der Waals surface area contributed by atoms with E-state index in [-0.39, 0.29) is 5.91 Å². The number of carbonyl (C=O) groups is 1. The average molecular weight is 350 g/mol. The summed E-state index contributed by atoms with van der Waals surface area (Å²) in [4.78, 5) is 12.0. The van der Waals surface area contributed by atoms with Crippen LogP contribution >= 0.6 is 11.6 Å². The maximum Gasteiger partial charge on any atom is 0.260 e. The van der Waals surface area contributed by atoms with Gasteiger partial charge in [-0.1, -0.05) is 11.6 Å². The van der Waals surface area contributed by atoms with Gasteiger partial charge < -0.3 is 19.5 Å². The molecule has 24 heavy (non-hydrogen) atoms. The highest BCUT2D eigenvalue weighted by Gasteiger charge is 2.13. The molecule has 0 aliphatic rings. The lowest BCUT2D eigenvalue weighted by molar-refractivity contribution is -0.127. The van der Waals surface area contributed by atoms with Crippen molar-refractivity contribution in [1.29, 1.82) is 0 Å². The summed E-state index contributed by atoms with van der Waals surface area (Å²) in [6, 6.07) is 14.1. The van der Waals surface area contributed by atoms with Gasteiger partial charge in [0, 0.05) is 5.02 Å². The molecule has 0 fully saturated rings. The standard InChI is InChI=1S/C18H20ClNO4/c1-13(24-17-5-3-14(19)4-6-17)18(21)20-11-12-23-16-9-7-15(22-2)8-10-16/h3-10,13H,11-12H2,1-2H3,(H,20,21)/t13-/m1/s1. The first kappa shape index (κ1) is 17.9. The van der Waals surface area contributed by atoms with Crippen LogP contribution in [0.1, 0.15) is 6.92 Å². The van der Waals surface area contributed by atoms with Crippen LogP contribution in [-0.2, 0) is 4.79 Å². The van der Waals surface area contributed by atoms with Crippen molar-refractivity contribution in [1.82, 2.24) is 5.32 Å². The summed E-state index contributed by atoms with van der Waals surface area (Å²) in [5.74, 6) is 1.87. The molecular weight excluding hydrogens is 330 g/mol. The Morgan fingerprint density at radius 2 is 1.62 bits per heavy atom. The van der Waals surface area contributed by atoms with Gasteiger partial charge >= 0.3 is 0 Å². The predicted octanol–water partition coefficient (Wildman–Crippen LogP) is 3.31. The molecule has 1 amide bonds. The van der Waals surface area contributed by atoms with E-state index in [1.807, 2.05) is 24.3 Å². The molecule has 0 saturated heterocycles. The molecule has 0 saturated carbocycles. The SMILES string of the molecule is COc1ccc(OCCNC(=O)[C@@H](C)Oc2ccc(Cl)cc2)cc1. The second kappa shape index (κ2) is 9.03. The molecule has 0 heterocycles. The Hall–Kier alpha value is -2.40. The van der Waals surface area contributed by atoms with Gasteiger partial charge in [-0.2, -0.15) is 0 Å². The number of nitrogens with one attached hydrogen (secondary N) is 1. The number of rotatable bonds is 8. The van der Waals surface area contributed by atoms with E-state index < -0.39 is 6.10 Å². The van der Waals surface area contributed by atoms with Crippen LogP contribution in [0.4, 0.5) is 0 Å². The Morgan fingerprint density at radius 3 is 2.25 bits per heavy atom. The van der Waals surface area contributed by atoms with E-state index in [9.17, 15) is 4.79 Å². The minimum atomic E-state index is -0.604. The van der Waals surface area contributed by atoms with Crippen molar-refractivity contribution in [3.63, 3.8) is 0 Å². The summed E-state index contributed by atoms with van der Waals surface area (Å²) in [6.45, 7) is 2.44. The highest BCUT2D eigenvalue weighted by molar-refractivity contribution is 6.30. The van der Waals surface area contributed by atoms with Crippen LogP contribution in [0.15, 0.2) is 48.5 Å². The normalized spacial score (nSPS) is 11.5. The molecule has 128 valence electrons. The molecule has 5 nitrogen and oxygen atoms in total. The number of halogens is 1. The van der Waals surface area contributed by atoms with Crippen molar-refractivity contribution >= 4 is 17.5 Å². The van der Waals surface area contributed by atoms with Crippen molar-refractivity contribution in [3.05, 3.63) is 53.6 Å². The number of methoxy groups -OCH3 is 1. The molecule has 6 heteroatoms. The van der Waals surface area contributed by atoms with Crippen LogP contribution in [0.3, 0.4) is 0 Å². The van der Waals surface area contributed by atoms with Crippen LogP contribution in [-0.4, -0.2) is 32.3 Å². The van der Waals surface area contributed by atoms with E-state index in [0.29, 0.717) is 23.9 Å². The van der Waals surface area contributed by atoms with E-state index in [1.165, 1.54) is 0 Å². The molecule has 2 aromatic rings. The fourth-order valence-corrected chi connectivity index (χ4v) is 2.06. The Bertz CT molecular complexity index is 643. The molecule has 0 aliphatic carbocycles. The van der Waals surface area contributed by atoms with Crippen molar-refractivity contribution in [3.8, 4) is 17.2 Å². The van der Waals surface area contributed by atoms with Gasteiger partial charge in [0.1, 0.15) is 23.9 Å². The van der Waals surface area contributed by atoms with Gasteiger partial charge in [-0.05, 0) is 55.5 Å². The Balaban J connectivity index is 1.69. The van der Waals surface area contributed by atoms with Crippen LogP contribution in [0.2, 0.25) is 5.02 Å². The first-order valence-electron chi connectivity index (χ1n) is 7.55. The van der Waals surface area contributed by atoms with Gasteiger partial charge in [0.25, 0.3) is 5.91 Å². The summed E-state index contributed by atoms with van der Waals surface area (Å²) in [6.07, 6.45) is -0.604. The lowest BCUT2D eigenvalue weighted by Crippen LogP contribution is -2.38. The second-order valence-corrected chi connectivity index (χ2v) is 5.47. The van der Waals surface area contributed by atoms with Gasteiger partial charge in [-0.25, -0.2) is 0 Å². The minimum Gasteiger partial charge on any atom is -0.497 e. The topological polar surface area (TPSA) is 56.8 Å².